The van der Waals surface area contributed by atoms with E-state index in [0.29, 0.717) is 22.8 Å². The van der Waals surface area contributed by atoms with E-state index in [9.17, 15) is 0 Å². The fourth-order valence-corrected chi connectivity index (χ4v) is 5.31. The first kappa shape index (κ1) is 33.7. The first-order chi connectivity index (χ1) is 21.5. The van der Waals surface area contributed by atoms with Crippen LogP contribution in [0.15, 0.2) is 146 Å². The number of hydrogen-bond donors (Lipinski definition) is 4. The van der Waals surface area contributed by atoms with E-state index >= 15 is 0 Å². The number of halogens is 1. The summed E-state index contributed by atoms with van der Waals surface area (Å²) in [6.45, 7) is 0. The summed E-state index contributed by atoms with van der Waals surface area (Å²) in [5, 5.41) is 31.9. The molecule has 6 aromatic rings. The summed E-state index contributed by atoms with van der Waals surface area (Å²) >= 11 is 0. The third-order valence-corrected chi connectivity index (χ3v) is 7.46. The molecule has 4 aromatic carbocycles. The maximum Gasteiger partial charge on any atom is 3.00 e. The summed E-state index contributed by atoms with van der Waals surface area (Å²) in [7, 11) is 0. The van der Waals surface area contributed by atoms with Crippen molar-refractivity contribution in [3.63, 3.8) is 0 Å². The predicted molar refractivity (Wildman–Crippen MR) is 179 cm³/mol. The van der Waals surface area contributed by atoms with Gasteiger partial charge < -0.3 is 12.4 Å². The Morgan fingerprint density at radius 2 is 0.522 bits per heavy atom. The van der Waals surface area contributed by atoms with E-state index < -0.39 is 0 Å². The monoisotopic (exact) mass is 706 g/mol. The Bertz CT molecular complexity index is 1780. The zero-order valence-electron chi connectivity index (χ0n) is 24.5. The maximum atomic E-state index is 7.98. The molecule has 2 aromatic heterocycles. The van der Waals surface area contributed by atoms with Gasteiger partial charge >= 0.3 is 19.5 Å². The molecule has 2 aliphatic rings. The van der Waals surface area contributed by atoms with Gasteiger partial charge in [-0.15, -0.1) is 0 Å². The largest absolute Gasteiger partial charge is 3.00 e. The minimum Gasteiger partial charge on any atom is -1.00 e. The van der Waals surface area contributed by atoms with Gasteiger partial charge in [-0.2, -0.15) is 0 Å². The molecule has 0 radical (unpaired) electrons. The third-order valence-electron chi connectivity index (χ3n) is 7.46. The summed E-state index contributed by atoms with van der Waals surface area (Å²) < 4.78 is 0. The number of nitrogens with one attached hydrogen (secondary N) is 4. The number of aromatic nitrogens is 2. The molecule has 0 fully saturated rings. The minimum atomic E-state index is 0. The van der Waals surface area contributed by atoms with Crippen molar-refractivity contribution in [1.29, 1.82) is 21.6 Å². The number of benzene rings is 4. The van der Waals surface area contributed by atoms with Crippen LogP contribution in [0, 0.1) is 21.6 Å². The van der Waals surface area contributed by atoms with Crippen LogP contribution in [0.2, 0.25) is 0 Å². The molecule has 0 unspecified atom stereocenters. The SMILES string of the molecule is N=C1C(=N)c2ccccc2-c2ccccc21.N=C1C(=N)c2ccccc2-c2ccccc21.[Cl-].[Rh+3].c1ccc(-c2ccccn2)nc1. The molecule has 46 heavy (non-hydrogen) atoms. The van der Waals surface area contributed by atoms with Gasteiger partial charge in [-0.1, -0.05) is 109 Å². The van der Waals surface area contributed by atoms with E-state index in [4.69, 9.17) is 21.6 Å². The van der Waals surface area contributed by atoms with Crippen molar-refractivity contribution in [3.8, 4) is 33.6 Å². The normalized spacial score (nSPS) is 11.7. The van der Waals surface area contributed by atoms with E-state index in [0.717, 1.165) is 55.9 Å². The number of pyridine rings is 2. The summed E-state index contributed by atoms with van der Waals surface area (Å²) in [5.74, 6) is 0. The van der Waals surface area contributed by atoms with Crippen molar-refractivity contribution < 1.29 is 31.9 Å². The first-order valence-corrected chi connectivity index (χ1v) is 14.1. The Balaban J connectivity index is 0.000000155. The molecule has 0 aliphatic heterocycles. The minimum absolute atomic E-state index is 0. The van der Waals surface area contributed by atoms with Gasteiger partial charge in [0.25, 0.3) is 0 Å². The van der Waals surface area contributed by atoms with E-state index in [1.54, 1.807) is 12.4 Å². The first-order valence-electron chi connectivity index (χ1n) is 14.1. The summed E-state index contributed by atoms with van der Waals surface area (Å²) in [6, 6.07) is 42.8. The fourth-order valence-electron chi connectivity index (χ4n) is 5.31. The molecule has 8 rings (SSSR count). The van der Waals surface area contributed by atoms with Crippen molar-refractivity contribution >= 4 is 22.8 Å². The third kappa shape index (κ3) is 6.71. The van der Waals surface area contributed by atoms with Gasteiger partial charge in [-0.25, -0.2) is 0 Å². The number of nitrogens with zero attached hydrogens (tertiary/aromatic N) is 2. The average molecular weight is 707 g/mol. The number of hydrogen-bond acceptors (Lipinski definition) is 6. The maximum absolute atomic E-state index is 7.98. The molecule has 0 bridgehead atoms. The van der Waals surface area contributed by atoms with Crippen molar-refractivity contribution in [1.82, 2.24) is 9.97 Å². The van der Waals surface area contributed by atoms with Crippen LogP contribution in [-0.4, -0.2) is 32.8 Å². The van der Waals surface area contributed by atoms with E-state index in [-0.39, 0.29) is 31.9 Å². The molecule has 8 heteroatoms. The molecule has 4 N–H and O–H groups in total. The fraction of sp³-hybridized carbons (Fsp3) is 0. The van der Waals surface area contributed by atoms with E-state index in [1.165, 1.54) is 0 Å². The molecule has 0 amide bonds. The van der Waals surface area contributed by atoms with Gasteiger partial charge in [0.05, 0.1) is 34.2 Å². The van der Waals surface area contributed by atoms with Crippen LogP contribution < -0.4 is 12.4 Å². The molecule has 0 saturated heterocycles. The molecule has 0 atom stereocenters. The Hall–Kier alpha value is -5.23. The van der Waals surface area contributed by atoms with Gasteiger partial charge in [0.1, 0.15) is 0 Å². The predicted octanol–water partition coefficient (Wildman–Crippen LogP) is 5.35. The summed E-state index contributed by atoms with van der Waals surface area (Å²) in [6.07, 6.45) is 3.54. The van der Waals surface area contributed by atoms with Crippen LogP contribution in [0.5, 0.6) is 0 Å². The van der Waals surface area contributed by atoms with Crippen LogP contribution in [-0.2, 0) is 19.5 Å². The molecule has 224 valence electrons. The van der Waals surface area contributed by atoms with Crippen molar-refractivity contribution in [3.05, 3.63) is 168 Å². The van der Waals surface area contributed by atoms with Crippen molar-refractivity contribution in [2.45, 2.75) is 0 Å². The van der Waals surface area contributed by atoms with Gasteiger partial charge in [-0.3, -0.25) is 31.6 Å². The molecular formula is C38H28ClN6Rh+2. The zero-order chi connectivity index (χ0) is 30.5. The summed E-state index contributed by atoms with van der Waals surface area (Å²) in [5.41, 5.74) is 10.7. The quantitative estimate of drug-likeness (QED) is 0.173. The standard InChI is InChI=1S/2C14H10N2.C10H8N2.ClH.Rh/c2*15-13-11-7-3-1-5-9(11)10-6-2-4-8-12(10)14(13)16;1-3-7-11-9(5-1)10-6-2-4-8-12-10;;/h2*1-8,15-16H;1-8H;1H;/q;;;;+3/p-1. The van der Waals surface area contributed by atoms with E-state index in [1.807, 2.05) is 133 Å². The second-order valence-electron chi connectivity index (χ2n) is 10.1. The van der Waals surface area contributed by atoms with Crippen LogP contribution in [0.4, 0.5) is 0 Å². The van der Waals surface area contributed by atoms with Crippen LogP contribution in [0.3, 0.4) is 0 Å². The second-order valence-corrected chi connectivity index (χ2v) is 10.1. The van der Waals surface area contributed by atoms with Crippen molar-refractivity contribution in [2.75, 3.05) is 0 Å². The van der Waals surface area contributed by atoms with E-state index in [2.05, 4.69) is 9.97 Å². The Kier molecular flexibility index (Phi) is 11.1. The second kappa shape index (κ2) is 15.2. The smallest absolute Gasteiger partial charge is 1.00 e. The Labute approximate surface area is 286 Å². The topological polar surface area (TPSA) is 121 Å². The molecule has 0 saturated carbocycles. The van der Waals surface area contributed by atoms with Gasteiger partial charge in [0, 0.05) is 34.6 Å². The molecule has 0 spiro atoms. The zero-order valence-corrected chi connectivity index (χ0v) is 26.9. The van der Waals surface area contributed by atoms with Crippen LogP contribution >= 0.6 is 0 Å². The molecule has 2 heterocycles. The molecule has 2 aliphatic carbocycles. The van der Waals surface area contributed by atoms with Crippen LogP contribution in [0.25, 0.3) is 33.6 Å². The van der Waals surface area contributed by atoms with Crippen molar-refractivity contribution in [2.24, 2.45) is 0 Å². The Morgan fingerprint density at radius 1 is 0.304 bits per heavy atom. The van der Waals surface area contributed by atoms with Gasteiger partial charge in [0.2, 0.25) is 0 Å². The van der Waals surface area contributed by atoms with Crippen LogP contribution in [0.1, 0.15) is 22.3 Å². The number of fused-ring (bicyclic) bond motifs is 6. The average Bonchev–Trinajstić information content (AvgIpc) is 3.11. The molecule has 6 nitrogen and oxygen atoms in total. The Morgan fingerprint density at radius 3 is 0.739 bits per heavy atom. The molecular weight excluding hydrogens is 679 g/mol. The van der Waals surface area contributed by atoms with Gasteiger partial charge in [-0.05, 0) is 46.5 Å². The number of rotatable bonds is 1. The van der Waals surface area contributed by atoms with Gasteiger partial charge in [0.15, 0.2) is 0 Å². The summed E-state index contributed by atoms with van der Waals surface area (Å²) in [4.78, 5) is 8.37.